The molecule has 1 aliphatic rings. The molecule has 0 bridgehead atoms. The lowest BCUT2D eigenvalue weighted by Crippen LogP contribution is -2.63. The summed E-state index contributed by atoms with van der Waals surface area (Å²) in [5, 5.41) is 11.5. The third kappa shape index (κ3) is 2.10. The molecule has 0 aliphatic carbocycles. The standard InChI is InChI=1S/C9H16N2O3/c1-9(2)8(14)11(4-3-5-12)7(13)6-10-9/h10,12H,3-6H2,1-2H3. The monoisotopic (exact) mass is 200 g/mol. The van der Waals surface area contributed by atoms with Gasteiger partial charge in [-0.3, -0.25) is 19.8 Å². The SMILES string of the molecule is CC1(C)NCC(=O)N(CCCO)C1=O. The Balaban J connectivity index is 2.69. The molecule has 5 nitrogen and oxygen atoms in total. The fourth-order valence-electron chi connectivity index (χ4n) is 1.37. The number of amides is 2. The molecule has 0 aromatic carbocycles. The van der Waals surface area contributed by atoms with Crippen LogP contribution in [0.5, 0.6) is 0 Å². The molecule has 1 saturated heterocycles. The summed E-state index contributed by atoms with van der Waals surface area (Å²) < 4.78 is 0. The highest BCUT2D eigenvalue weighted by Crippen LogP contribution is 2.13. The van der Waals surface area contributed by atoms with Crippen LogP contribution in [0.2, 0.25) is 0 Å². The van der Waals surface area contributed by atoms with Crippen molar-refractivity contribution in [1.82, 2.24) is 10.2 Å². The van der Waals surface area contributed by atoms with E-state index in [1.54, 1.807) is 13.8 Å². The third-order valence-corrected chi connectivity index (χ3v) is 2.30. The van der Waals surface area contributed by atoms with Gasteiger partial charge in [0.2, 0.25) is 11.8 Å². The number of aliphatic hydroxyl groups excluding tert-OH is 1. The lowest BCUT2D eigenvalue weighted by Gasteiger charge is -2.36. The van der Waals surface area contributed by atoms with Gasteiger partial charge in [0.05, 0.1) is 12.1 Å². The molecular formula is C9H16N2O3. The molecule has 80 valence electrons. The van der Waals surface area contributed by atoms with Crippen molar-refractivity contribution in [3.05, 3.63) is 0 Å². The van der Waals surface area contributed by atoms with E-state index in [4.69, 9.17) is 5.11 Å². The number of carbonyl (C=O) groups excluding carboxylic acids is 2. The van der Waals surface area contributed by atoms with Gasteiger partial charge in [-0.1, -0.05) is 0 Å². The van der Waals surface area contributed by atoms with E-state index in [0.717, 1.165) is 0 Å². The van der Waals surface area contributed by atoms with E-state index >= 15 is 0 Å². The summed E-state index contributed by atoms with van der Waals surface area (Å²) in [5.41, 5.74) is -0.677. The van der Waals surface area contributed by atoms with Gasteiger partial charge in [-0.05, 0) is 20.3 Å². The minimum absolute atomic E-state index is 0.00901. The Morgan fingerprint density at radius 3 is 2.71 bits per heavy atom. The Morgan fingerprint density at radius 1 is 1.50 bits per heavy atom. The van der Waals surface area contributed by atoms with Crippen molar-refractivity contribution in [3.63, 3.8) is 0 Å². The van der Waals surface area contributed by atoms with Crippen LogP contribution in [0, 0.1) is 0 Å². The fourth-order valence-corrected chi connectivity index (χ4v) is 1.37. The first-order valence-electron chi connectivity index (χ1n) is 4.70. The third-order valence-electron chi connectivity index (χ3n) is 2.30. The van der Waals surface area contributed by atoms with Crippen molar-refractivity contribution >= 4 is 11.8 Å². The van der Waals surface area contributed by atoms with Gasteiger partial charge < -0.3 is 5.11 Å². The molecule has 0 spiro atoms. The van der Waals surface area contributed by atoms with Crippen LogP contribution in [-0.4, -0.2) is 47.1 Å². The van der Waals surface area contributed by atoms with Gasteiger partial charge in [0.1, 0.15) is 0 Å². The molecule has 1 rings (SSSR count). The molecule has 0 unspecified atom stereocenters. The highest BCUT2D eigenvalue weighted by atomic mass is 16.3. The van der Waals surface area contributed by atoms with Gasteiger partial charge in [0.15, 0.2) is 0 Å². The first kappa shape index (κ1) is 11.1. The van der Waals surface area contributed by atoms with Crippen LogP contribution in [-0.2, 0) is 9.59 Å². The van der Waals surface area contributed by atoms with E-state index in [-0.39, 0.29) is 25.0 Å². The van der Waals surface area contributed by atoms with Gasteiger partial charge in [-0.15, -0.1) is 0 Å². The second kappa shape index (κ2) is 4.06. The summed E-state index contributed by atoms with van der Waals surface area (Å²) in [7, 11) is 0. The first-order valence-corrected chi connectivity index (χ1v) is 4.70. The van der Waals surface area contributed by atoms with Gasteiger partial charge in [-0.2, -0.15) is 0 Å². The number of imide groups is 1. The van der Waals surface area contributed by atoms with Gasteiger partial charge in [0.25, 0.3) is 0 Å². The maximum atomic E-state index is 11.7. The Bertz CT molecular complexity index is 250. The van der Waals surface area contributed by atoms with Crippen molar-refractivity contribution in [2.75, 3.05) is 19.7 Å². The van der Waals surface area contributed by atoms with E-state index in [1.807, 2.05) is 0 Å². The van der Waals surface area contributed by atoms with Crippen molar-refractivity contribution < 1.29 is 14.7 Å². The zero-order valence-electron chi connectivity index (χ0n) is 8.54. The lowest BCUT2D eigenvalue weighted by atomic mass is 10.0. The molecule has 2 amide bonds. The fraction of sp³-hybridized carbons (Fsp3) is 0.778. The normalized spacial score (nSPS) is 21.5. The average Bonchev–Trinajstić information content (AvgIpc) is 2.13. The molecule has 14 heavy (non-hydrogen) atoms. The van der Waals surface area contributed by atoms with Crippen molar-refractivity contribution in [1.29, 1.82) is 0 Å². The van der Waals surface area contributed by atoms with Crippen LogP contribution in [0.1, 0.15) is 20.3 Å². The van der Waals surface area contributed by atoms with Crippen LogP contribution < -0.4 is 5.32 Å². The second-order valence-electron chi connectivity index (χ2n) is 3.91. The number of rotatable bonds is 3. The van der Waals surface area contributed by atoms with Gasteiger partial charge >= 0.3 is 0 Å². The van der Waals surface area contributed by atoms with Crippen LogP contribution in [0.15, 0.2) is 0 Å². The van der Waals surface area contributed by atoms with E-state index in [0.29, 0.717) is 13.0 Å². The topological polar surface area (TPSA) is 69.6 Å². The molecule has 1 aliphatic heterocycles. The molecule has 0 saturated carbocycles. The lowest BCUT2D eigenvalue weighted by molar-refractivity contribution is -0.152. The zero-order valence-corrected chi connectivity index (χ0v) is 8.54. The van der Waals surface area contributed by atoms with Gasteiger partial charge in [0, 0.05) is 13.2 Å². The van der Waals surface area contributed by atoms with Gasteiger partial charge in [-0.25, -0.2) is 0 Å². The smallest absolute Gasteiger partial charge is 0.248 e. The number of nitrogens with zero attached hydrogens (tertiary/aromatic N) is 1. The van der Waals surface area contributed by atoms with E-state index < -0.39 is 5.54 Å². The predicted octanol–water partition coefficient (Wildman–Crippen LogP) is -0.894. The molecule has 1 heterocycles. The number of piperazine rings is 1. The molecule has 0 aromatic rings. The quantitative estimate of drug-likeness (QED) is 0.580. The summed E-state index contributed by atoms with van der Waals surface area (Å²) in [6.07, 6.45) is 0.438. The second-order valence-corrected chi connectivity index (χ2v) is 3.91. The maximum Gasteiger partial charge on any atom is 0.248 e. The number of nitrogens with one attached hydrogen (secondary N) is 1. The minimum atomic E-state index is -0.677. The Labute approximate surface area is 83.1 Å². The zero-order chi connectivity index (χ0) is 10.8. The predicted molar refractivity (Wildman–Crippen MR) is 50.5 cm³/mol. The highest BCUT2D eigenvalue weighted by molar-refractivity contribution is 6.02. The number of aliphatic hydroxyl groups is 1. The summed E-state index contributed by atoms with van der Waals surface area (Å²) in [6.45, 7) is 3.97. The largest absolute Gasteiger partial charge is 0.396 e. The van der Waals surface area contributed by atoms with E-state index in [1.165, 1.54) is 4.90 Å². The molecule has 0 atom stereocenters. The number of carbonyl (C=O) groups is 2. The minimum Gasteiger partial charge on any atom is -0.396 e. The number of hydrogen-bond donors (Lipinski definition) is 2. The van der Waals surface area contributed by atoms with Crippen LogP contribution >= 0.6 is 0 Å². The number of hydrogen-bond acceptors (Lipinski definition) is 4. The van der Waals surface area contributed by atoms with E-state index in [9.17, 15) is 9.59 Å². The Kier molecular flexibility index (Phi) is 3.23. The molecule has 1 fully saturated rings. The summed E-state index contributed by atoms with van der Waals surface area (Å²) in [4.78, 5) is 24.3. The van der Waals surface area contributed by atoms with Crippen molar-refractivity contribution in [3.8, 4) is 0 Å². The summed E-state index contributed by atoms with van der Waals surface area (Å²) in [5.74, 6) is -0.440. The molecule has 5 heteroatoms. The summed E-state index contributed by atoms with van der Waals surface area (Å²) in [6, 6.07) is 0. The molecule has 2 N–H and O–H groups in total. The maximum absolute atomic E-state index is 11.7. The molecular weight excluding hydrogens is 184 g/mol. The summed E-state index contributed by atoms with van der Waals surface area (Å²) >= 11 is 0. The van der Waals surface area contributed by atoms with Crippen molar-refractivity contribution in [2.24, 2.45) is 0 Å². The van der Waals surface area contributed by atoms with Crippen LogP contribution in [0.3, 0.4) is 0 Å². The van der Waals surface area contributed by atoms with Crippen molar-refractivity contribution in [2.45, 2.75) is 25.8 Å². The van der Waals surface area contributed by atoms with E-state index in [2.05, 4.69) is 5.32 Å². The Hall–Kier alpha value is -0.940. The average molecular weight is 200 g/mol. The molecule has 0 radical (unpaired) electrons. The first-order chi connectivity index (χ1) is 6.49. The van der Waals surface area contributed by atoms with Crippen LogP contribution in [0.4, 0.5) is 0 Å². The molecule has 0 aromatic heterocycles. The highest BCUT2D eigenvalue weighted by Gasteiger charge is 2.39. The van der Waals surface area contributed by atoms with Crippen LogP contribution in [0.25, 0.3) is 0 Å². The Morgan fingerprint density at radius 2 is 2.14 bits per heavy atom.